The first-order chi connectivity index (χ1) is 11.6. The van der Waals surface area contributed by atoms with Crippen molar-refractivity contribution in [2.75, 3.05) is 44.4 Å². The lowest BCUT2D eigenvalue weighted by Gasteiger charge is -2.11. The molecular formula is C18H24N4O2. The number of carbonyl (C=O) groups excluding carboxylic acids is 1. The fourth-order valence-corrected chi connectivity index (χ4v) is 2.08. The normalized spacial score (nSPS) is 10.5. The lowest BCUT2D eigenvalue weighted by atomic mass is 10.2. The molecule has 24 heavy (non-hydrogen) atoms. The maximum atomic E-state index is 12.4. The van der Waals surface area contributed by atoms with E-state index in [0.717, 1.165) is 24.5 Å². The van der Waals surface area contributed by atoms with Crippen LogP contribution in [0.25, 0.3) is 0 Å². The van der Waals surface area contributed by atoms with Crippen LogP contribution in [-0.4, -0.2) is 49.6 Å². The number of hydrogen-bond acceptors (Lipinski definition) is 5. The van der Waals surface area contributed by atoms with Gasteiger partial charge in [0.15, 0.2) is 0 Å². The molecule has 2 aromatic rings. The summed E-state index contributed by atoms with van der Waals surface area (Å²) >= 11 is 0. The molecule has 0 unspecified atom stereocenters. The maximum Gasteiger partial charge on any atom is 0.255 e. The number of aromatic nitrogens is 1. The molecule has 0 bridgehead atoms. The number of hydrogen-bond donors (Lipinski definition) is 2. The molecule has 0 spiro atoms. The van der Waals surface area contributed by atoms with E-state index in [1.165, 1.54) is 0 Å². The van der Waals surface area contributed by atoms with Gasteiger partial charge in [-0.1, -0.05) is 0 Å². The number of rotatable bonds is 8. The first-order valence-corrected chi connectivity index (χ1v) is 7.97. The Morgan fingerprint density at radius 1 is 1.21 bits per heavy atom. The average molecular weight is 328 g/mol. The largest absolute Gasteiger partial charge is 0.494 e. The Morgan fingerprint density at radius 3 is 2.62 bits per heavy atom. The standard InChI is InChI=1S/C18H24N4O2/c1-4-24-16-7-5-15(6-8-16)21-18(23)14-9-10-19-17(13-14)20-11-12-22(2)3/h5-10,13H,4,11-12H2,1-3H3,(H,19,20)(H,21,23). The van der Waals surface area contributed by atoms with Gasteiger partial charge in [-0.2, -0.15) is 0 Å². The quantitative estimate of drug-likeness (QED) is 0.780. The van der Waals surface area contributed by atoms with Crippen LogP contribution >= 0.6 is 0 Å². The van der Waals surface area contributed by atoms with Gasteiger partial charge in [0.1, 0.15) is 11.6 Å². The molecule has 1 aromatic carbocycles. The molecule has 0 atom stereocenters. The zero-order valence-corrected chi connectivity index (χ0v) is 14.4. The molecule has 0 saturated carbocycles. The molecule has 1 heterocycles. The van der Waals surface area contributed by atoms with Crippen molar-refractivity contribution in [2.24, 2.45) is 0 Å². The third kappa shape index (κ3) is 5.55. The minimum atomic E-state index is -0.169. The van der Waals surface area contributed by atoms with Crippen LogP contribution in [0.3, 0.4) is 0 Å². The van der Waals surface area contributed by atoms with Crippen LogP contribution in [0.1, 0.15) is 17.3 Å². The van der Waals surface area contributed by atoms with Crippen LogP contribution in [-0.2, 0) is 0 Å². The van der Waals surface area contributed by atoms with Gasteiger partial charge in [0.2, 0.25) is 0 Å². The predicted octanol–water partition coefficient (Wildman–Crippen LogP) is 2.71. The number of amides is 1. The van der Waals surface area contributed by atoms with Crippen molar-refractivity contribution < 1.29 is 9.53 Å². The summed E-state index contributed by atoms with van der Waals surface area (Å²) in [5.41, 5.74) is 1.29. The number of likely N-dealkylation sites (N-methyl/N-ethyl adjacent to an activating group) is 1. The van der Waals surface area contributed by atoms with Crippen LogP contribution in [0.2, 0.25) is 0 Å². The summed E-state index contributed by atoms with van der Waals surface area (Å²) in [7, 11) is 4.02. The lowest BCUT2D eigenvalue weighted by Crippen LogP contribution is -2.21. The molecule has 2 N–H and O–H groups in total. The van der Waals surface area contributed by atoms with Crippen molar-refractivity contribution in [3.8, 4) is 5.75 Å². The summed E-state index contributed by atoms with van der Waals surface area (Å²) in [6, 6.07) is 10.8. The van der Waals surface area contributed by atoms with Crippen LogP contribution in [0.5, 0.6) is 5.75 Å². The molecule has 0 saturated heterocycles. The molecular weight excluding hydrogens is 304 g/mol. The first-order valence-electron chi connectivity index (χ1n) is 7.97. The van der Waals surface area contributed by atoms with Gasteiger partial charge in [-0.3, -0.25) is 4.79 Å². The molecule has 6 heteroatoms. The Kier molecular flexibility index (Phi) is 6.57. The van der Waals surface area contributed by atoms with Gasteiger partial charge in [0.25, 0.3) is 5.91 Å². The van der Waals surface area contributed by atoms with Gasteiger partial charge in [-0.15, -0.1) is 0 Å². The molecule has 0 aliphatic carbocycles. The fraction of sp³-hybridized carbons (Fsp3) is 0.333. The van der Waals surface area contributed by atoms with Gasteiger partial charge in [0.05, 0.1) is 6.61 Å². The maximum absolute atomic E-state index is 12.4. The molecule has 2 rings (SSSR count). The van der Waals surface area contributed by atoms with Crippen LogP contribution < -0.4 is 15.4 Å². The summed E-state index contributed by atoms with van der Waals surface area (Å²) in [5, 5.41) is 6.08. The molecule has 0 aliphatic heterocycles. The monoisotopic (exact) mass is 328 g/mol. The Labute approximate surface area is 142 Å². The number of nitrogens with one attached hydrogen (secondary N) is 2. The van der Waals surface area contributed by atoms with E-state index in [9.17, 15) is 4.79 Å². The van der Waals surface area contributed by atoms with E-state index in [1.807, 2.05) is 45.3 Å². The van der Waals surface area contributed by atoms with Crippen LogP contribution in [0, 0.1) is 0 Å². The molecule has 0 aliphatic rings. The van der Waals surface area contributed by atoms with Crippen LogP contribution in [0.4, 0.5) is 11.5 Å². The van der Waals surface area contributed by atoms with Crippen molar-refractivity contribution in [1.82, 2.24) is 9.88 Å². The average Bonchev–Trinajstić information content (AvgIpc) is 2.57. The first kappa shape index (κ1) is 17.7. The minimum Gasteiger partial charge on any atom is -0.494 e. The van der Waals surface area contributed by atoms with Gasteiger partial charge in [0, 0.05) is 30.5 Å². The van der Waals surface area contributed by atoms with E-state index in [0.29, 0.717) is 18.0 Å². The number of anilines is 2. The minimum absolute atomic E-state index is 0.169. The summed E-state index contributed by atoms with van der Waals surface area (Å²) in [6.07, 6.45) is 1.63. The molecule has 1 amide bonds. The summed E-state index contributed by atoms with van der Waals surface area (Å²) < 4.78 is 5.39. The van der Waals surface area contributed by atoms with Gasteiger partial charge in [-0.25, -0.2) is 4.98 Å². The van der Waals surface area contributed by atoms with E-state index in [-0.39, 0.29) is 5.91 Å². The zero-order valence-electron chi connectivity index (χ0n) is 14.4. The topological polar surface area (TPSA) is 66.5 Å². The summed E-state index contributed by atoms with van der Waals surface area (Å²) in [6.45, 7) is 4.21. The third-order valence-corrected chi connectivity index (χ3v) is 3.31. The SMILES string of the molecule is CCOc1ccc(NC(=O)c2ccnc(NCCN(C)C)c2)cc1. The number of ether oxygens (including phenoxy) is 1. The Morgan fingerprint density at radius 2 is 1.96 bits per heavy atom. The second-order valence-corrected chi connectivity index (χ2v) is 5.57. The highest BCUT2D eigenvalue weighted by Gasteiger charge is 2.07. The van der Waals surface area contributed by atoms with Gasteiger partial charge >= 0.3 is 0 Å². The third-order valence-electron chi connectivity index (χ3n) is 3.31. The number of carbonyl (C=O) groups is 1. The van der Waals surface area contributed by atoms with E-state index in [4.69, 9.17) is 4.74 Å². The molecule has 1 aromatic heterocycles. The smallest absolute Gasteiger partial charge is 0.255 e. The molecule has 128 valence electrons. The Bertz CT molecular complexity index is 656. The van der Waals surface area contributed by atoms with Crippen molar-refractivity contribution in [2.45, 2.75) is 6.92 Å². The van der Waals surface area contributed by atoms with Crippen molar-refractivity contribution in [3.63, 3.8) is 0 Å². The number of benzene rings is 1. The van der Waals surface area contributed by atoms with E-state index < -0.39 is 0 Å². The zero-order chi connectivity index (χ0) is 17.4. The predicted molar refractivity (Wildman–Crippen MR) is 96.8 cm³/mol. The van der Waals surface area contributed by atoms with Gasteiger partial charge < -0.3 is 20.3 Å². The fourth-order valence-electron chi connectivity index (χ4n) is 2.08. The summed E-state index contributed by atoms with van der Waals surface area (Å²) in [5.74, 6) is 1.31. The molecule has 6 nitrogen and oxygen atoms in total. The van der Waals surface area contributed by atoms with Crippen molar-refractivity contribution in [3.05, 3.63) is 48.2 Å². The second kappa shape index (κ2) is 8.88. The number of pyridine rings is 1. The Hall–Kier alpha value is -2.60. The molecule has 0 fully saturated rings. The van der Waals surface area contributed by atoms with Crippen LogP contribution in [0.15, 0.2) is 42.6 Å². The Balaban J connectivity index is 1.96. The van der Waals surface area contributed by atoms with E-state index in [1.54, 1.807) is 18.3 Å². The lowest BCUT2D eigenvalue weighted by molar-refractivity contribution is 0.102. The van der Waals surface area contributed by atoms with Crippen molar-refractivity contribution >= 4 is 17.4 Å². The highest BCUT2D eigenvalue weighted by atomic mass is 16.5. The highest BCUT2D eigenvalue weighted by Crippen LogP contribution is 2.17. The van der Waals surface area contributed by atoms with Crippen molar-refractivity contribution in [1.29, 1.82) is 0 Å². The van der Waals surface area contributed by atoms with E-state index >= 15 is 0 Å². The van der Waals surface area contributed by atoms with E-state index in [2.05, 4.69) is 20.5 Å². The summed E-state index contributed by atoms with van der Waals surface area (Å²) in [4.78, 5) is 18.7. The highest BCUT2D eigenvalue weighted by molar-refractivity contribution is 6.04. The number of nitrogens with zero attached hydrogens (tertiary/aromatic N) is 2. The van der Waals surface area contributed by atoms with Gasteiger partial charge in [-0.05, 0) is 57.4 Å². The molecule has 0 radical (unpaired) electrons. The second-order valence-electron chi connectivity index (χ2n) is 5.57.